The van der Waals surface area contributed by atoms with Gasteiger partial charge in [-0.2, -0.15) is 0 Å². The summed E-state index contributed by atoms with van der Waals surface area (Å²) >= 11 is 0. The molecule has 1 N–H and O–H groups in total. The molecule has 1 aromatic carbocycles. The Hall–Kier alpha value is -2.56. The molecule has 0 fully saturated rings. The van der Waals surface area contributed by atoms with Crippen LogP contribution in [0.2, 0.25) is 0 Å². The third-order valence-electron chi connectivity index (χ3n) is 2.83. The minimum Gasteiger partial charge on any atom is -0.478 e. The zero-order valence-corrected chi connectivity index (χ0v) is 10.6. The van der Waals surface area contributed by atoms with Crippen molar-refractivity contribution in [2.45, 2.75) is 6.92 Å². The quantitative estimate of drug-likeness (QED) is 0.677. The smallest absolute Gasteiger partial charge is 0.419 e. The van der Waals surface area contributed by atoms with E-state index in [2.05, 4.69) is 0 Å². The number of benzene rings is 1. The average Bonchev–Trinajstić information content (AvgIpc) is 2.64. The van der Waals surface area contributed by atoms with Crippen LogP contribution in [0.5, 0.6) is 0 Å². The molecule has 0 amide bonds. The molecule has 0 radical (unpaired) electrons. The first-order valence-electron chi connectivity index (χ1n) is 5.67. The molecular weight excluding hydrogens is 246 g/mol. The molecule has 0 saturated heterocycles. The highest BCUT2D eigenvalue weighted by Gasteiger charge is 2.06. The summed E-state index contributed by atoms with van der Waals surface area (Å²) in [5.74, 6) is -1.39. The lowest BCUT2D eigenvalue weighted by Gasteiger charge is -2.00. The fourth-order valence-electron chi connectivity index (χ4n) is 1.74. The maximum atomic E-state index is 11.4. The Morgan fingerprint density at radius 1 is 1.42 bits per heavy atom. The van der Waals surface area contributed by atoms with E-state index < -0.39 is 11.7 Å². The Balaban J connectivity index is 2.43. The Labute approximate surface area is 109 Å². The molecule has 0 spiro atoms. The molecule has 5 nitrogen and oxygen atoms in total. The zero-order chi connectivity index (χ0) is 14.0. The van der Waals surface area contributed by atoms with Crippen LogP contribution in [-0.2, 0) is 11.8 Å². The van der Waals surface area contributed by atoms with Gasteiger partial charge in [-0.1, -0.05) is 18.2 Å². The van der Waals surface area contributed by atoms with E-state index in [0.29, 0.717) is 11.1 Å². The third-order valence-corrected chi connectivity index (χ3v) is 2.83. The highest BCUT2D eigenvalue weighted by Crippen LogP contribution is 2.20. The predicted molar refractivity (Wildman–Crippen MR) is 71.9 cm³/mol. The number of fused-ring (bicyclic) bond motifs is 1. The number of hydrogen-bond acceptors (Lipinski definition) is 3. The van der Waals surface area contributed by atoms with Gasteiger partial charge in [0.25, 0.3) is 0 Å². The lowest BCUT2D eigenvalue weighted by atomic mass is 10.1. The number of oxazole rings is 1. The second-order valence-electron chi connectivity index (χ2n) is 4.16. The van der Waals surface area contributed by atoms with Gasteiger partial charge in [0.2, 0.25) is 0 Å². The molecule has 1 heterocycles. The maximum Gasteiger partial charge on any atom is 0.419 e. The molecule has 0 unspecified atom stereocenters. The second-order valence-corrected chi connectivity index (χ2v) is 4.16. The van der Waals surface area contributed by atoms with Gasteiger partial charge in [-0.15, -0.1) is 0 Å². The lowest BCUT2D eigenvalue weighted by Crippen LogP contribution is -2.08. The van der Waals surface area contributed by atoms with Crippen LogP contribution in [0.3, 0.4) is 0 Å². The molecule has 0 bridgehead atoms. The van der Waals surface area contributed by atoms with Crippen LogP contribution in [0, 0.1) is 0 Å². The molecule has 0 aliphatic rings. The standard InChI is InChI=1S/C14H13NO4/c1-9(4-3-5-13(16)17)10-6-7-12-11(8-10)15(2)14(18)19-12/h3-8H,1-2H3,(H,16,17)/b5-3+,9-4+. The molecule has 2 aromatic rings. The molecule has 98 valence electrons. The molecule has 0 atom stereocenters. The minimum atomic E-state index is -0.989. The molecule has 0 aliphatic heterocycles. The Morgan fingerprint density at radius 2 is 2.16 bits per heavy atom. The van der Waals surface area contributed by atoms with Gasteiger partial charge in [-0.3, -0.25) is 4.57 Å². The van der Waals surface area contributed by atoms with Crippen molar-refractivity contribution in [1.82, 2.24) is 4.57 Å². The number of nitrogens with zero attached hydrogens (tertiary/aromatic N) is 1. The number of rotatable bonds is 3. The SMILES string of the molecule is C/C(=C\C=C\C(=O)O)c1ccc2oc(=O)n(C)c2c1. The summed E-state index contributed by atoms with van der Waals surface area (Å²) in [7, 11) is 1.64. The monoisotopic (exact) mass is 259 g/mol. The number of aliphatic carboxylic acids is 1. The summed E-state index contributed by atoms with van der Waals surface area (Å²) in [6, 6.07) is 5.39. The van der Waals surface area contributed by atoms with E-state index in [1.54, 1.807) is 19.2 Å². The van der Waals surface area contributed by atoms with Crippen molar-refractivity contribution in [3.05, 3.63) is 52.5 Å². The van der Waals surface area contributed by atoms with Crippen molar-refractivity contribution >= 4 is 22.6 Å². The van der Waals surface area contributed by atoms with E-state index in [-0.39, 0.29) is 0 Å². The minimum absolute atomic E-state index is 0.403. The molecule has 2 rings (SSSR count). The van der Waals surface area contributed by atoms with Gasteiger partial charge in [-0.25, -0.2) is 9.59 Å². The molecule has 5 heteroatoms. The van der Waals surface area contributed by atoms with Gasteiger partial charge in [0.1, 0.15) is 0 Å². The van der Waals surface area contributed by atoms with E-state index in [0.717, 1.165) is 17.2 Å². The average molecular weight is 259 g/mol. The Kier molecular flexibility index (Phi) is 3.37. The first-order chi connectivity index (χ1) is 8.99. The zero-order valence-electron chi connectivity index (χ0n) is 10.6. The Morgan fingerprint density at radius 3 is 2.84 bits per heavy atom. The van der Waals surface area contributed by atoms with Crippen molar-refractivity contribution in [3.63, 3.8) is 0 Å². The second kappa shape index (κ2) is 4.97. The van der Waals surface area contributed by atoms with Crippen molar-refractivity contribution in [2.24, 2.45) is 7.05 Å². The summed E-state index contributed by atoms with van der Waals surface area (Å²) in [6.45, 7) is 1.87. The molecular formula is C14H13NO4. The number of aromatic nitrogens is 1. The summed E-state index contributed by atoms with van der Waals surface area (Å²) in [6.07, 6.45) is 4.24. The number of carboxylic acid groups (broad SMARTS) is 1. The normalized spacial score (nSPS) is 12.4. The number of hydrogen-bond donors (Lipinski definition) is 1. The number of allylic oxidation sites excluding steroid dienone is 3. The number of carboxylic acids is 1. The highest BCUT2D eigenvalue weighted by molar-refractivity contribution is 5.82. The fraction of sp³-hybridized carbons (Fsp3) is 0.143. The summed E-state index contributed by atoms with van der Waals surface area (Å²) < 4.78 is 6.47. The predicted octanol–water partition coefficient (Wildman–Crippen LogP) is 2.18. The van der Waals surface area contributed by atoms with Gasteiger partial charge in [0.15, 0.2) is 5.58 Å². The van der Waals surface area contributed by atoms with Crippen LogP contribution in [0.1, 0.15) is 12.5 Å². The first kappa shape index (κ1) is 12.9. The summed E-state index contributed by atoms with van der Waals surface area (Å²) in [5, 5.41) is 8.51. The lowest BCUT2D eigenvalue weighted by molar-refractivity contribution is -0.131. The van der Waals surface area contributed by atoms with Gasteiger partial charge in [0, 0.05) is 13.1 Å². The van der Waals surface area contributed by atoms with E-state index in [1.165, 1.54) is 10.6 Å². The topological polar surface area (TPSA) is 72.4 Å². The van der Waals surface area contributed by atoms with Crippen LogP contribution in [0.4, 0.5) is 0 Å². The van der Waals surface area contributed by atoms with Crippen LogP contribution in [-0.4, -0.2) is 15.6 Å². The first-order valence-corrected chi connectivity index (χ1v) is 5.67. The third kappa shape index (κ3) is 2.65. The van der Waals surface area contributed by atoms with Crippen LogP contribution in [0.25, 0.3) is 16.7 Å². The van der Waals surface area contributed by atoms with Gasteiger partial charge < -0.3 is 9.52 Å². The van der Waals surface area contributed by atoms with Crippen molar-refractivity contribution in [3.8, 4) is 0 Å². The van der Waals surface area contributed by atoms with Crippen LogP contribution < -0.4 is 5.76 Å². The van der Waals surface area contributed by atoms with Gasteiger partial charge in [-0.05, 0) is 30.2 Å². The number of carbonyl (C=O) groups is 1. The van der Waals surface area contributed by atoms with E-state index >= 15 is 0 Å². The largest absolute Gasteiger partial charge is 0.478 e. The summed E-state index contributed by atoms with van der Waals surface area (Å²) in [5.41, 5.74) is 3.04. The number of aryl methyl sites for hydroxylation is 1. The van der Waals surface area contributed by atoms with Crippen molar-refractivity contribution in [2.75, 3.05) is 0 Å². The highest BCUT2D eigenvalue weighted by atomic mass is 16.4. The fourth-order valence-corrected chi connectivity index (χ4v) is 1.74. The van der Waals surface area contributed by atoms with E-state index in [1.807, 2.05) is 19.1 Å². The maximum absolute atomic E-state index is 11.4. The molecule has 19 heavy (non-hydrogen) atoms. The molecule has 0 saturated carbocycles. The van der Waals surface area contributed by atoms with E-state index in [4.69, 9.17) is 9.52 Å². The van der Waals surface area contributed by atoms with Gasteiger partial charge in [0.05, 0.1) is 5.52 Å². The van der Waals surface area contributed by atoms with Crippen LogP contribution >= 0.6 is 0 Å². The molecule has 1 aromatic heterocycles. The van der Waals surface area contributed by atoms with E-state index in [9.17, 15) is 9.59 Å². The van der Waals surface area contributed by atoms with Crippen molar-refractivity contribution < 1.29 is 14.3 Å². The summed E-state index contributed by atoms with van der Waals surface area (Å²) in [4.78, 5) is 21.7. The van der Waals surface area contributed by atoms with Gasteiger partial charge >= 0.3 is 11.7 Å². The van der Waals surface area contributed by atoms with Crippen molar-refractivity contribution in [1.29, 1.82) is 0 Å². The molecule has 0 aliphatic carbocycles. The van der Waals surface area contributed by atoms with Crippen LogP contribution in [0.15, 0.2) is 45.6 Å². The Bertz CT molecular complexity index is 746.